The molecular weight excluding hydrogens is 321 g/mol. The van der Waals surface area contributed by atoms with Crippen LogP contribution in [0.2, 0.25) is 0 Å². The lowest BCUT2D eigenvalue weighted by molar-refractivity contribution is 0.0904. The summed E-state index contributed by atoms with van der Waals surface area (Å²) in [6.45, 7) is 1.06. The highest BCUT2D eigenvalue weighted by atomic mass is 35.7. The van der Waals surface area contributed by atoms with Crippen LogP contribution in [0.25, 0.3) is 0 Å². The van der Waals surface area contributed by atoms with Crippen LogP contribution in [0.4, 0.5) is 4.39 Å². The van der Waals surface area contributed by atoms with Crippen LogP contribution in [0.3, 0.4) is 0 Å². The smallest absolute Gasteiger partial charge is 0.261 e. The molecule has 1 N–H and O–H groups in total. The normalized spacial score (nSPS) is 18.7. The molecule has 0 saturated carbocycles. The number of carbonyl (C=O) groups excluding carboxylic acids is 1. The highest BCUT2D eigenvalue weighted by molar-refractivity contribution is 8.13. The molecule has 1 atom stereocenters. The zero-order chi connectivity index (χ0) is 15.5. The molecule has 0 bridgehead atoms. The van der Waals surface area contributed by atoms with E-state index in [2.05, 4.69) is 5.32 Å². The molecule has 1 unspecified atom stereocenters. The van der Waals surface area contributed by atoms with Crippen molar-refractivity contribution in [1.29, 1.82) is 0 Å². The third kappa shape index (κ3) is 4.39. The number of carbonyl (C=O) groups is 1. The van der Waals surface area contributed by atoms with E-state index in [1.54, 1.807) is 0 Å². The Bertz CT molecular complexity index is 629. The minimum atomic E-state index is -4.00. The molecule has 2 rings (SSSR count). The summed E-state index contributed by atoms with van der Waals surface area (Å²) in [6.07, 6.45) is 2.71. The Morgan fingerprint density at radius 2 is 2.24 bits per heavy atom. The van der Waals surface area contributed by atoms with Gasteiger partial charge >= 0.3 is 0 Å². The van der Waals surface area contributed by atoms with Gasteiger partial charge in [-0.1, -0.05) is 0 Å². The van der Waals surface area contributed by atoms with Crippen molar-refractivity contribution < 1.29 is 22.3 Å². The van der Waals surface area contributed by atoms with E-state index in [4.69, 9.17) is 15.4 Å². The van der Waals surface area contributed by atoms with Gasteiger partial charge in [0.1, 0.15) is 5.82 Å². The van der Waals surface area contributed by atoms with Gasteiger partial charge in [0.25, 0.3) is 15.0 Å². The first-order valence-corrected chi connectivity index (χ1v) is 8.83. The summed E-state index contributed by atoms with van der Waals surface area (Å²) in [5.74, 6) is -1.47. The van der Waals surface area contributed by atoms with Gasteiger partial charge in [0, 0.05) is 23.8 Å². The average molecular weight is 336 g/mol. The molecule has 1 saturated heterocycles. The van der Waals surface area contributed by atoms with E-state index >= 15 is 0 Å². The number of benzene rings is 1. The third-order valence-electron chi connectivity index (χ3n) is 3.24. The molecule has 0 spiro atoms. The lowest BCUT2D eigenvalue weighted by Gasteiger charge is -2.10. The fourth-order valence-corrected chi connectivity index (χ4v) is 2.92. The number of amides is 1. The number of ether oxygens (including phenoxy) is 1. The Morgan fingerprint density at radius 1 is 1.48 bits per heavy atom. The van der Waals surface area contributed by atoms with Crippen LogP contribution in [-0.2, 0) is 13.8 Å². The molecule has 1 aliphatic rings. The molecule has 1 fully saturated rings. The van der Waals surface area contributed by atoms with Gasteiger partial charge < -0.3 is 10.1 Å². The zero-order valence-corrected chi connectivity index (χ0v) is 12.7. The van der Waals surface area contributed by atoms with E-state index < -0.39 is 20.8 Å². The molecule has 116 valence electrons. The fourth-order valence-electron chi connectivity index (χ4n) is 2.14. The predicted octanol–water partition coefficient (Wildman–Crippen LogP) is 2.05. The van der Waals surface area contributed by atoms with Gasteiger partial charge in [-0.05, 0) is 37.5 Å². The minimum Gasteiger partial charge on any atom is -0.378 e. The molecule has 1 aromatic carbocycles. The van der Waals surface area contributed by atoms with Crippen LogP contribution in [0.1, 0.15) is 29.6 Å². The van der Waals surface area contributed by atoms with Gasteiger partial charge in [-0.2, -0.15) is 0 Å². The summed E-state index contributed by atoms with van der Waals surface area (Å²) in [5, 5.41) is 2.55. The maximum atomic E-state index is 13.6. The zero-order valence-electron chi connectivity index (χ0n) is 11.1. The van der Waals surface area contributed by atoms with E-state index in [0.717, 1.165) is 37.6 Å². The third-order valence-corrected chi connectivity index (χ3v) is 4.59. The quantitative estimate of drug-likeness (QED) is 0.836. The van der Waals surface area contributed by atoms with Crippen LogP contribution in [0.15, 0.2) is 23.1 Å². The number of halogens is 2. The summed E-state index contributed by atoms with van der Waals surface area (Å²) in [5.41, 5.74) is -0.343. The average Bonchev–Trinajstić information content (AvgIpc) is 2.91. The predicted molar refractivity (Wildman–Crippen MR) is 75.4 cm³/mol. The van der Waals surface area contributed by atoms with Gasteiger partial charge in [-0.3, -0.25) is 4.79 Å². The number of hydrogen-bond acceptors (Lipinski definition) is 4. The SMILES string of the molecule is O=C(NCCC1CCCO1)c1cc(S(=O)(=O)Cl)ccc1F. The number of hydrogen-bond donors (Lipinski definition) is 1. The fraction of sp³-hybridized carbons (Fsp3) is 0.462. The second kappa shape index (κ2) is 6.72. The van der Waals surface area contributed by atoms with Crippen molar-refractivity contribution in [1.82, 2.24) is 5.32 Å². The standard InChI is InChI=1S/C13H15ClFNO4S/c14-21(18,19)10-3-4-12(15)11(8-10)13(17)16-6-5-9-2-1-7-20-9/h3-4,8-9H,1-2,5-7H2,(H,16,17). The topological polar surface area (TPSA) is 72.5 Å². The van der Waals surface area contributed by atoms with Gasteiger partial charge in [0.2, 0.25) is 0 Å². The Kier molecular flexibility index (Phi) is 5.18. The first-order chi connectivity index (χ1) is 9.88. The molecule has 1 heterocycles. The summed E-state index contributed by atoms with van der Waals surface area (Å²) >= 11 is 0. The van der Waals surface area contributed by atoms with Crippen LogP contribution in [-0.4, -0.2) is 33.6 Å². The second-order valence-corrected chi connectivity index (χ2v) is 7.33. The highest BCUT2D eigenvalue weighted by Crippen LogP contribution is 2.19. The van der Waals surface area contributed by atoms with Crippen LogP contribution in [0, 0.1) is 5.82 Å². The van der Waals surface area contributed by atoms with Crippen LogP contribution >= 0.6 is 10.7 Å². The second-order valence-electron chi connectivity index (χ2n) is 4.76. The monoisotopic (exact) mass is 335 g/mol. The van der Waals surface area contributed by atoms with E-state index in [1.165, 1.54) is 0 Å². The molecule has 0 radical (unpaired) electrons. The lowest BCUT2D eigenvalue weighted by atomic mass is 10.1. The molecule has 1 aliphatic heterocycles. The molecule has 1 amide bonds. The summed E-state index contributed by atoms with van der Waals surface area (Å²) in [4.78, 5) is 11.6. The van der Waals surface area contributed by atoms with Gasteiger partial charge in [-0.25, -0.2) is 12.8 Å². The maximum Gasteiger partial charge on any atom is 0.261 e. The molecule has 1 aromatic rings. The Hall–Kier alpha value is -1.18. The first-order valence-electron chi connectivity index (χ1n) is 6.52. The summed E-state index contributed by atoms with van der Waals surface area (Å²) in [6, 6.07) is 2.85. The van der Waals surface area contributed by atoms with Crippen LogP contribution < -0.4 is 5.32 Å². The Labute approximate surface area is 126 Å². The van der Waals surface area contributed by atoms with Gasteiger partial charge in [0.05, 0.1) is 16.6 Å². The van der Waals surface area contributed by atoms with E-state index in [0.29, 0.717) is 13.0 Å². The molecule has 5 nitrogen and oxygen atoms in total. The molecule has 8 heteroatoms. The maximum absolute atomic E-state index is 13.6. The minimum absolute atomic E-state index is 0.115. The van der Waals surface area contributed by atoms with Crippen molar-refractivity contribution in [3.05, 3.63) is 29.6 Å². The lowest BCUT2D eigenvalue weighted by Crippen LogP contribution is -2.28. The largest absolute Gasteiger partial charge is 0.378 e. The molecule has 0 aliphatic carbocycles. The Balaban J connectivity index is 2.01. The highest BCUT2D eigenvalue weighted by Gasteiger charge is 2.19. The molecule has 21 heavy (non-hydrogen) atoms. The van der Waals surface area contributed by atoms with Crippen molar-refractivity contribution in [2.75, 3.05) is 13.2 Å². The first kappa shape index (κ1) is 16.2. The van der Waals surface area contributed by atoms with Gasteiger partial charge in [0.15, 0.2) is 0 Å². The van der Waals surface area contributed by atoms with Crippen molar-refractivity contribution >= 4 is 25.6 Å². The molecular formula is C13H15ClFNO4S. The van der Waals surface area contributed by atoms with Crippen LogP contribution in [0.5, 0.6) is 0 Å². The van der Waals surface area contributed by atoms with E-state index in [1.807, 2.05) is 0 Å². The summed E-state index contributed by atoms with van der Waals surface area (Å²) < 4.78 is 41.4. The van der Waals surface area contributed by atoms with Crippen molar-refractivity contribution in [3.63, 3.8) is 0 Å². The Morgan fingerprint density at radius 3 is 2.86 bits per heavy atom. The molecule has 0 aromatic heterocycles. The summed E-state index contributed by atoms with van der Waals surface area (Å²) in [7, 11) is 1.18. The van der Waals surface area contributed by atoms with E-state index in [-0.39, 0.29) is 16.6 Å². The van der Waals surface area contributed by atoms with Crippen molar-refractivity contribution in [3.8, 4) is 0 Å². The van der Waals surface area contributed by atoms with Gasteiger partial charge in [-0.15, -0.1) is 0 Å². The van der Waals surface area contributed by atoms with E-state index in [9.17, 15) is 17.6 Å². The number of nitrogens with one attached hydrogen (secondary N) is 1. The van der Waals surface area contributed by atoms with Crippen molar-refractivity contribution in [2.45, 2.75) is 30.3 Å². The number of rotatable bonds is 5. The van der Waals surface area contributed by atoms with Crippen molar-refractivity contribution in [2.24, 2.45) is 0 Å².